The lowest BCUT2D eigenvalue weighted by molar-refractivity contribution is 0.400. The number of nitrogens with one attached hydrogen (secondary N) is 2. The highest BCUT2D eigenvalue weighted by Gasteiger charge is 2.05. The van der Waals surface area contributed by atoms with Gasteiger partial charge in [-0.05, 0) is 55.4 Å². The van der Waals surface area contributed by atoms with E-state index in [4.69, 9.17) is 0 Å². The van der Waals surface area contributed by atoms with Crippen molar-refractivity contribution in [2.75, 3.05) is 27.7 Å². The van der Waals surface area contributed by atoms with E-state index < -0.39 is 0 Å². The molecule has 2 N–H and O–H groups in total. The lowest BCUT2D eigenvalue weighted by Crippen LogP contribution is -2.38. The Morgan fingerprint density at radius 3 is 2.41 bits per heavy atom. The zero-order chi connectivity index (χ0) is 20.5. The highest BCUT2D eigenvalue weighted by molar-refractivity contribution is 5.79. The highest BCUT2D eigenvalue weighted by Crippen LogP contribution is 2.11. The molecule has 0 aliphatic heterocycles. The number of hydrogen-bond donors (Lipinski definition) is 2. The molecule has 1 aromatic heterocycles. The number of hydrogen-bond acceptors (Lipinski definition) is 3. The fourth-order valence-corrected chi connectivity index (χ4v) is 3.19. The average molecular weight is 391 g/mol. The highest BCUT2D eigenvalue weighted by atomic mass is 15.3. The normalized spacial score (nSPS) is 11.7. The molecule has 1 heterocycles. The smallest absolute Gasteiger partial charge is 0.191 e. The van der Waals surface area contributed by atoms with E-state index in [1.807, 2.05) is 16.9 Å². The zero-order valence-corrected chi connectivity index (χ0v) is 17.5. The van der Waals surface area contributed by atoms with Crippen LogP contribution in [0.1, 0.15) is 16.7 Å². The van der Waals surface area contributed by atoms with Gasteiger partial charge in [0.05, 0.1) is 5.69 Å². The van der Waals surface area contributed by atoms with Crippen LogP contribution >= 0.6 is 0 Å². The Morgan fingerprint density at radius 1 is 1.00 bits per heavy atom. The molecule has 0 radical (unpaired) electrons. The molecule has 0 spiro atoms. The first-order valence-electron chi connectivity index (χ1n) is 9.90. The van der Waals surface area contributed by atoms with Gasteiger partial charge >= 0.3 is 0 Å². The van der Waals surface area contributed by atoms with Crippen molar-refractivity contribution in [2.24, 2.45) is 4.99 Å². The predicted molar refractivity (Wildman–Crippen MR) is 119 cm³/mol. The predicted octanol–water partition coefficient (Wildman–Crippen LogP) is 2.84. The summed E-state index contributed by atoms with van der Waals surface area (Å²) in [7, 11) is 5.98. The van der Waals surface area contributed by atoms with Crippen LogP contribution in [0.2, 0.25) is 0 Å². The van der Waals surface area contributed by atoms with Gasteiger partial charge in [-0.15, -0.1) is 0 Å². The lowest BCUT2D eigenvalue weighted by atomic mass is 10.1. The summed E-state index contributed by atoms with van der Waals surface area (Å²) in [4.78, 5) is 6.53. The van der Waals surface area contributed by atoms with Gasteiger partial charge in [-0.1, -0.05) is 36.4 Å². The molecule has 0 fully saturated rings. The minimum Gasteiger partial charge on any atom is -0.356 e. The molecule has 0 aliphatic carbocycles. The summed E-state index contributed by atoms with van der Waals surface area (Å²) in [5.74, 6) is 0.817. The van der Waals surface area contributed by atoms with E-state index in [9.17, 15) is 0 Å². The summed E-state index contributed by atoms with van der Waals surface area (Å²) < 4.78 is 1.86. The van der Waals surface area contributed by atoms with E-state index in [2.05, 4.69) is 88.3 Å². The standard InChI is InChI=1S/C23H30N6/c1-24-23(26-17-20-7-4-5-8-21(20)18-28(2)3)25-15-13-19-9-11-22(12-10-19)29-16-6-14-27-29/h4-12,14,16H,13,15,17-18H2,1-3H3,(H2,24,25,26). The lowest BCUT2D eigenvalue weighted by Gasteiger charge is -2.16. The van der Waals surface area contributed by atoms with Crippen LogP contribution in [0.25, 0.3) is 5.69 Å². The van der Waals surface area contributed by atoms with Gasteiger partial charge in [-0.2, -0.15) is 5.10 Å². The van der Waals surface area contributed by atoms with E-state index in [-0.39, 0.29) is 0 Å². The number of nitrogens with zero attached hydrogens (tertiary/aromatic N) is 4. The van der Waals surface area contributed by atoms with Crippen molar-refractivity contribution >= 4 is 5.96 Å². The van der Waals surface area contributed by atoms with Gasteiger partial charge in [-0.25, -0.2) is 4.68 Å². The fourth-order valence-electron chi connectivity index (χ4n) is 3.19. The van der Waals surface area contributed by atoms with Crippen LogP contribution in [-0.2, 0) is 19.5 Å². The summed E-state index contributed by atoms with van der Waals surface area (Å²) in [6, 6.07) is 18.9. The Labute approximate surface area is 173 Å². The van der Waals surface area contributed by atoms with Crippen LogP contribution in [0.3, 0.4) is 0 Å². The number of rotatable bonds is 8. The molecular formula is C23H30N6. The van der Waals surface area contributed by atoms with Crippen molar-refractivity contribution in [3.8, 4) is 5.69 Å². The molecule has 29 heavy (non-hydrogen) atoms. The number of aromatic nitrogens is 2. The van der Waals surface area contributed by atoms with Gasteiger partial charge in [-0.3, -0.25) is 4.99 Å². The van der Waals surface area contributed by atoms with Gasteiger partial charge in [0.1, 0.15) is 0 Å². The molecule has 6 heteroatoms. The number of benzene rings is 2. The van der Waals surface area contributed by atoms with Gasteiger partial charge < -0.3 is 15.5 Å². The van der Waals surface area contributed by atoms with Crippen molar-refractivity contribution in [2.45, 2.75) is 19.5 Å². The maximum atomic E-state index is 4.35. The molecule has 0 bridgehead atoms. The Kier molecular flexibility index (Phi) is 7.41. The van der Waals surface area contributed by atoms with Gasteiger partial charge in [0.15, 0.2) is 5.96 Å². The van der Waals surface area contributed by atoms with Crippen LogP contribution in [0.4, 0.5) is 0 Å². The third-order valence-corrected chi connectivity index (χ3v) is 4.69. The van der Waals surface area contributed by atoms with Crippen molar-refractivity contribution in [1.82, 2.24) is 25.3 Å². The second-order valence-electron chi connectivity index (χ2n) is 7.23. The van der Waals surface area contributed by atoms with E-state index in [1.165, 1.54) is 16.7 Å². The van der Waals surface area contributed by atoms with Gasteiger partial charge in [0.25, 0.3) is 0 Å². The first-order valence-corrected chi connectivity index (χ1v) is 9.90. The largest absolute Gasteiger partial charge is 0.356 e. The second-order valence-corrected chi connectivity index (χ2v) is 7.23. The third-order valence-electron chi connectivity index (χ3n) is 4.69. The summed E-state index contributed by atoms with van der Waals surface area (Å²) in [6.45, 7) is 2.50. The molecule has 0 amide bonds. The number of aliphatic imine (C=N–C) groups is 1. The Bertz CT molecular complexity index is 897. The maximum Gasteiger partial charge on any atom is 0.191 e. The van der Waals surface area contributed by atoms with Crippen LogP contribution < -0.4 is 10.6 Å². The minimum atomic E-state index is 0.752. The van der Waals surface area contributed by atoms with Gasteiger partial charge in [0, 0.05) is 39.1 Å². The molecule has 0 unspecified atom stereocenters. The van der Waals surface area contributed by atoms with Crippen molar-refractivity contribution in [3.63, 3.8) is 0 Å². The first-order chi connectivity index (χ1) is 14.2. The quantitative estimate of drug-likeness (QED) is 0.459. The van der Waals surface area contributed by atoms with E-state index in [0.717, 1.165) is 37.7 Å². The molecule has 0 saturated heterocycles. The molecule has 3 rings (SSSR count). The molecule has 6 nitrogen and oxygen atoms in total. The van der Waals surface area contributed by atoms with E-state index in [0.29, 0.717) is 0 Å². The Hall–Kier alpha value is -3.12. The Morgan fingerprint density at radius 2 is 1.76 bits per heavy atom. The average Bonchev–Trinajstić information content (AvgIpc) is 3.26. The summed E-state index contributed by atoms with van der Waals surface area (Å²) in [6.07, 6.45) is 4.66. The van der Waals surface area contributed by atoms with Crippen molar-refractivity contribution in [3.05, 3.63) is 83.7 Å². The summed E-state index contributed by atoms with van der Waals surface area (Å²) in [5.41, 5.74) is 4.97. The molecule has 0 saturated carbocycles. The van der Waals surface area contributed by atoms with E-state index >= 15 is 0 Å². The topological polar surface area (TPSA) is 57.5 Å². The Balaban J connectivity index is 1.47. The molecule has 0 aliphatic rings. The minimum absolute atomic E-state index is 0.752. The summed E-state index contributed by atoms with van der Waals surface area (Å²) >= 11 is 0. The second kappa shape index (κ2) is 10.4. The molecule has 152 valence electrons. The van der Waals surface area contributed by atoms with Crippen molar-refractivity contribution < 1.29 is 0 Å². The first kappa shape index (κ1) is 20.6. The van der Waals surface area contributed by atoms with E-state index in [1.54, 1.807) is 13.2 Å². The molecule has 2 aromatic carbocycles. The van der Waals surface area contributed by atoms with Crippen LogP contribution in [0.15, 0.2) is 72.0 Å². The zero-order valence-electron chi connectivity index (χ0n) is 17.5. The fraction of sp³-hybridized carbons (Fsp3) is 0.304. The SMILES string of the molecule is CN=C(NCCc1ccc(-n2cccn2)cc1)NCc1ccccc1CN(C)C. The number of guanidine groups is 1. The third kappa shape index (κ3) is 6.19. The van der Waals surface area contributed by atoms with Gasteiger partial charge in [0.2, 0.25) is 0 Å². The van der Waals surface area contributed by atoms with Crippen LogP contribution in [0.5, 0.6) is 0 Å². The monoisotopic (exact) mass is 390 g/mol. The van der Waals surface area contributed by atoms with Crippen molar-refractivity contribution in [1.29, 1.82) is 0 Å². The van der Waals surface area contributed by atoms with Crippen LogP contribution in [-0.4, -0.2) is 48.3 Å². The maximum absolute atomic E-state index is 4.35. The molecule has 0 atom stereocenters. The van der Waals surface area contributed by atoms with Crippen LogP contribution in [0, 0.1) is 0 Å². The molecule has 3 aromatic rings. The molecular weight excluding hydrogens is 360 g/mol. The summed E-state index contributed by atoms with van der Waals surface area (Å²) in [5, 5.41) is 11.1.